The van der Waals surface area contributed by atoms with Crippen LogP contribution in [-0.4, -0.2) is 23.0 Å². The summed E-state index contributed by atoms with van der Waals surface area (Å²) < 4.78 is 26.6. The summed E-state index contributed by atoms with van der Waals surface area (Å²) in [5.41, 5.74) is 1.79. The van der Waals surface area contributed by atoms with Crippen LogP contribution >= 0.6 is 27.5 Å². The number of benzene rings is 3. The number of fused-ring (bicyclic) bond motifs is 1. The molecule has 0 aliphatic rings. The molecule has 186 valence electrons. The van der Waals surface area contributed by atoms with Gasteiger partial charge in [0.25, 0.3) is 5.56 Å². The van der Waals surface area contributed by atoms with Crippen LogP contribution in [0.5, 0.6) is 11.5 Å². The standard InChI is InChI=1S/C27H24BrClFN3O3/c1-3-4-5-25-32-23-11-8-19(28)14-21(23)27(34)33(25)31-15-18-12-22(29)26(24(13-18)35-2)36-16-17-6-9-20(30)10-7-17/h6-15H,3-5,16H2,1-2H3. The molecular formula is C27H24BrClFN3O3. The minimum Gasteiger partial charge on any atom is -0.493 e. The zero-order valence-corrected chi connectivity index (χ0v) is 22.1. The second-order valence-corrected chi connectivity index (χ2v) is 9.43. The summed E-state index contributed by atoms with van der Waals surface area (Å²) >= 11 is 9.92. The number of ether oxygens (including phenoxy) is 2. The number of methoxy groups -OCH3 is 1. The molecule has 0 radical (unpaired) electrons. The van der Waals surface area contributed by atoms with Gasteiger partial charge in [-0.2, -0.15) is 9.78 Å². The maximum atomic E-state index is 13.3. The molecule has 0 amide bonds. The smallest absolute Gasteiger partial charge is 0.282 e. The van der Waals surface area contributed by atoms with Crippen molar-refractivity contribution in [3.63, 3.8) is 0 Å². The molecule has 0 N–H and O–H groups in total. The molecule has 3 aromatic carbocycles. The van der Waals surface area contributed by atoms with Gasteiger partial charge in [0.15, 0.2) is 11.5 Å². The molecule has 0 fully saturated rings. The second kappa shape index (κ2) is 11.7. The third kappa shape index (κ3) is 5.94. The second-order valence-electron chi connectivity index (χ2n) is 8.10. The highest BCUT2D eigenvalue weighted by molar-refractivity contribution is 9.10. The third-order valence-corrected chi connectivity index (χ3v) is 6.27. The van der Waals surface area contributed by atoms with Crippen molar-refractivity contribution in [2.75, 3.05) is 7.11 Å². The van der Waals surface area contributed by atoms with E-state index in [0.717, 1.165) is 22.9 Å². The zero-order chi connectivity index (χ0) is 25.7. The first-order chi connectivity index (χ1) is 17.4. The Balaban J connectivity index is 1.66. The first kappa shape index (κ1) is 25.9. The summed E-state index contributed by atoms with van der Waals surface area (Å²) in [6.07, 6.45) is 4.00. The molecule has 0 aliphatic carbocycles. The Morgan fingerprint density at radius 2 is 1.94 bits per heavy atom. The Bertz CT molecular complexity index is 1470. The third-order valence-electron chi connectivity index (χ3n) is 5.50. The van der Waals surface area contributed by atoms with Crippen LogP contribution in [0.4, 0.5) is 4.39 Å². The number of hydrogen-bond donors (Lipinski definition) is 0. The van der Waals surface area contributed by atoms with Crippen molar-refractivity contribution in [1.29, 1.82) is 0 Å². The van der Waals surface area contributed by atoms with Gasteiger partial charge in [-0.3, -0.25) is 4.79 Å². The van der Waals surface area contributed by atoms with Crippen molar-refractivity contribution in [3.05, 3.63) is 97.2 Å². The Hall–Kier alpha value is -3.23. The lowest BCUT2D eigenvalue weighted by Gasteiger charge is -2.13. The summed E-state index contributed by atoms with van der Waals surface area (Å²) in [4.78, 5) is 18.0. The van der Waals surface area contributed by atoms with Gasteiger partial charge in [0.05, 0.1) is 29.2 Å². The number of hydrogen-bond acceptors (Lipinski definition) is 5. The average Bonchev–Trinajstić information content (AvgIpc) is 2.87. The Morgan fingerprint density at radius 3 is 2.67 bits per heavy atom. The van der Waals surface area contributed by atoms with Crippen molar-refractivity contribution >= 4 is 44.6 Å². The van der Waals surface area contributed by atoms with Crippen molar-refractivity contribution in [1.82, 2.24) is 9.66 Å². The van der Waals surface area contributed by atoms with Gasteiger partial charge >= 0.3 is 0 Å². The molecule has 1 heterocycles. The van der Waals surface area contributed by atoms with Crippen LogP contribution in [0, 0.1) is 5.82 Å². The van der Waals surface area contributed by atoms with E-state index in [1.165, 1.54) is 23.9 Å². The number of nitrogens with zero attached hydrogens (tertiary/aromatic N) is 3. The number of rotatable bonds is 9. The molecule has 0 unspecified atom stereocenters. The van der Waals surface area contributed by atoms with Crippen LogP contribution in [0.1, 0.15) is 36.7 Å². The van der Waals surface area contributed by atoms with E-state index in [0.29, 0.717) is 45.2 Å². The molecule has 0 bridgehead atoms. The van der Waals surface area contributed by atoms with E-state index in [-0.39, 0.29) is 18.0 Å². The molecular weight excluding hydrogens is 549 g/mol. The van der Waals surface area contributed by atoms with Gasteiger partial charge in [0.2, 0.25) is 0 Å². The van der Waals surface area contributed by atoms with Crippen molar-refractivity contribution in [3.8, 4) is 11.5 Å². The molecule has 0 saturated carbocycles. The van der Waals surface area contributed by atoms with E-state index >= 15 is 0 Å². The summed E-state index contributed by atoms with van der Waals surface area (Å²) in [6, 6.07) is 14.8. The van der Waals surface area contributed by atoms with Gasteiger partial charge in [-0.05, 0) is 60.0 Å². The lowest BCUT2D eigenvalue weighted by Crippen LogP contribution is -2.22. The van der Waals surface area contributed by atoms with E-state index in [2.05, 4.69) is 32.9 Å². The number of unbranched alkanes of at least 4 members (excludes halogenated alkanes) is 1. The molecule has 4 rings (SSSR count). The molecule has 36 heavy (non-hydrogen) atoms. The van der Waals surface area contributed by atoms with Crippen LogP contribution in [0.2, 0.25) is 5.02 Å². The van der Waals surface area contributed by atoms with Gasteiger partial charge in [0.1, 0.15) is 18.2 Å². The maximum Gasteiger partial charge on any atom is 0.282 e. The Kier molecular flexibility index (Phi) is 8.38. The van der Waals surface area contributed by atoms with Crippen LogP contribution in [-0.2, 0) is 13.0 Å². The maximum absolute atomic E-state index is 13.3. The van der Waals surface area contributed by atoms with Crippen LogP contribution in [0.15, 0.2) is 69.0 Å². The molecule has 0 spiro atoms. The van der Waals surface area contributed by atoms with Crippen LogP contribution < -0.4 is 15.0 Å². The molecule has 0 atom stereocenters. The lowest BCUT2D eigenvalue weighted by atomic mass is 10.2. The topological polar surface area (TPSA) is 65.7 Å². The first-order valence-electron chi connectivity index (χ1n) is 11.4. The highest BCUT2D eigenvalue weighted by Crippen LogP contribution is 2.36. The van der Waals surface area contributed by atoms with Crippen LogP contribution in [0.3, 0.4) is 0 Å². The molecule has 0 saturated heterocycles. The highest BCUT2D eigenvalue weighted by Gasteiger charge is 2.14. The summed E-state index contributed by atoms with van der Waals surface area (Å²) in [5.74, 6) is 1.04. The predicted octanol–water partition coefficient (Wildman–Crippen LogP) is 6.76. The van der Waals surface area contributed by atoms with E-state index < -0.39 is 0 Å². The van der Waals surface area contributed by atoms with Crippen molar-refractivity contribution in [2.45, 2.75) is 32.8 Å². The molecule has 1 aromatic heterocycles. The fraction of sp³-hybridized carbons (Fsp3) is 0.222. The van der Waals surface area contributed by atoms with E-state index in [1.54, 1.807) is 36.5 Å². The van der Waals surface area contributed by atoms with Crippen molar-refractivity contribution < 1.29 is 13.9 Å². The van der Waals surface area contributed by atoms with E-state index in [9.17, 15) is 9.18 Å². The molecule has 6 nitrogen and oxygen atoms in total. The zero-order valence-electron chi connectivity index (χ0n) is 19.8. The van der Waals surface area contributed by atoms with Gasteiger partial charge in [-0.25, -0.2) is 9.37 Å². The number of halogens is 3. The van der Waals surface area contributed by atoms with Gasteiger partial charge in [-0.1, -0.05) is 53.0 Å². The van der Waals surface area contributed by atoms with Gasteiger partial charge in [-0.15, -0.1) is 0 Å². The first-order valence-corrected chi connectivity index (χ1v) is 12.6. The predicted molar refractivity (Wildman–Crippen MR) is 144 cm³/mol. The minimum atomic E-state index is -0.316. The SMILES string of the molecule is CCCCc1nc2ccc(Br)cc2c(=O)n1N=Cc1cc(Cl)c(OCc2ccc(F)cc2)c(OC)c1. The Labute approximate surface area is 221 Å². The fourth-order valence-electron chi connectivity index (χ4n) is 3.63. The van der Waals surface area contributed by atoms with E-state index in [4.69, 9.17) is 21.1 Å². The summed E-state index contributed by atoms with van der Waals surface area (Å²) in [5, 5.41) is 5.26. The average molecular weight is 573 g/mol. The normalized spacial score (nSPS) is 11.4. The summed E-state index contributed by atoms with van der Waals surface area (Å²) in [7, 11) is 1.51. The highest BCUT2D eigenvalue weighted by atomic mass is 79.9. The summed E-state index contributed by atoms with van der Waals surface area (Å²) in [6.45, 7) is 2.27. The molecule has 4 aromatic rings. The largest absolute Gasteiger partial charge is 0.493 e. The number of aryl methyl sites for hydroxylation is 1. The quantitative estimate of drug-likeness (QED) is 0.208. The van der Waals surface area contributed by atoms with Crippen LogP contribution in [0.25, 0.3) is 10.9 Å². The lowest BCUT2D eigenvalue weighted by molar-refractivity contribution is 0.284. The van der Waals surface area contributed by atoms with E-state index in [1.807, 2.05) is 12.1 Å². The Morgan fingerprint density at radius 1 is 1.17 bits per heavy atom. The monoisotopic (exact) mass is 571 g/mol. The molecule has 0 aliphatic heterocycles. The van der Waals surface area contributed by atoms with Gasteiger partial charge < -0.3 is 9.47 Å². The molecule has 9 heteroatoms. The minimum absolute atomic E-state index is 0.193. The fourth-order valence-corrected chi connectivity index (χ4v) is 4.26. The van der Waals surface area contributed by atoms with Crippen molar-refractivity contribution in [2.24, 2.45) is 5.10 Å². The van der Waals surface area contributed by atoms with Gasteiger partial charge in [0, 0.05) is 10.9 Å². The number of aromatic nitrogens is 2.